The molecule has 0 bridgehead atoms. The van der Waals surface area contributed by atoms with Gasteiger partial charge in [0.2, 0.25) is 0 Å². The summed E-state index contributed by atoms with van der Waals surface area (Å²) in [6.07, 6.45) is 5.06. The Morgan fingerprint density at radius 2 is 1.62 bits per heavy atom. The molecule has 0 aromatic heterocycles. The van der Waals surface area contributed by atoms with Crippen LogP contribution in [0.15, 0.2) is 83.5 Å². The zero-order chi connectivity index (χ0) is 27.5. The molecule has 1 heterocycles. The second-order valence-corrected chi connectivity index (χ2v) is 10.5. The summed E-state index contributed by atoms with van der Waals surface area (Å²) in [5, 5.41) is 6.49. The largest absolute Gasteiger partial charge is 0.481 e. The molecule has 0 spiro atoms. The van der Waals surface area contributed by atoms with Gasteiger partial charge in [0.1, 0.15) is 0 Å². The van der Waals surface area contributed by atoms with Crippen molar-refractivity contribution in [2.45, 2.75) is 25.3 Å². The van der Waals surface area contributed by atoms with Gasteiger partial charge in [0.05, 0.1) is 11.8 Å². The molecule has 3 aromatic carbocycles. The van der Waals surface area contributed by atoms with Gasteiger partial charge < -0.3 is 14.5 Å². The maximum absolute atomic E-state index is 14.1. The molecular formula is C32H35FN4O2. The lowest BCUT2D eigenvalue weighted by Crippen LogP contribution is -2.34. The predicted octanol–water partition coefficient (Wildman–Crippen LogP) is 6.16. The molecule has 5 rings (SSSR count). The average molecular weight is 527 g/mol. The molecule has 3 aromatic rings. The maximum atomic E-state index is 14.1. The van der Waals surface area contributed by atoms with Crippen LogP contribution in [0.25, 0.3) is 6.08 Å². The van der Waals surface area contributed by atoms with Crippen molar-refractivity contribution in [1.82, 2.24) is 5.01 Å². The summed E-state index contributed by atoms with van der Waals surface area (Å²) in [5.41, 5.74) is 6.48. The van der Waals surface area contributed by atoms with E-state index < -0.39 is 5.82 Å². The van der Waals surface area contributed by atoms with Crippen molar-refractivity contribution >= 4 is 29.1 Å². The van der Waals surface area contributed by atoms with Crippen LogP contribution in [-0.2, 0) is 4.79 Å². The lowest BCUT2D eigenvalue weighted by Gasteiger charge is -2.30. The molecule has 0 saturated heterocycles. The van der Waals surface area contributed by atoms with Crippen molar-refractivity contribution in [1.29, 1.82) is 0 Å². The van der Waals surface area contributed by atoms with Gasteiger partial charge in [-0.1, -0.05) is 36.4 Å². The van der Waals surface area contributed by atoms with Crippen molar-refractivity contribution in [2.24, 2.45) is 11.0 Å². The Morgan fingerprint density at radius 1 is 0.974 bits per heavy atom. The first-order chi connectivity index (χ1) is 18.8. The molecule has 1 aliphatic heterocycles. The molecule has 1 saturated carbocycles. The number of anilines is 2. The lowest BCUT2D eigenvalue weighted by molar-refractivity contribution is -0.135. The van der Waals surface area contributed by atoms with Crippen LogP contribution < -0.4 is 14.5 Å². The van der Waals surface area contributed by atoms with Gasteiger partial charge in [-0.15, -0.1) is 0 Å². The molecule has 1 aliphatic carbocycles. The Labute approximate surface area is 230 Å². The van der Waals surface area contributed by atoms with Crippen LogP contribution in [-0.4, -0.2) is 51.4 Å². The highest BCUT2D eigenvalue weighted by atomic mass is 19.1. The van der Waals surface area contributed by atoms with Crippen LogP contribution in [0.1, 0.15) is 36.4 Å². The van der Waals surface area contributed by atoms with Gasteiger partial charge in [0.15, 0.2) is 18.2 Å². The van der Waals surface area contributed by atoms with Gasteiger partial charge in [-0.05, 0) is 78.4 Å². The number of nitrogens with zero attached hydrogens (tertiary/aromatic N) is 4. The predicted molar refractivity (Wildman–Crippen MR) is 156 cm³/mol. The van der Waals surface area contributed by atoms with E-state index in [0.717, 1.165) is 53.0 Å². The molecule has 1 amide bonds. The summed E-state index contributed by atoms with van der Waals surface area (Å²) in [4.78, 5) is 17.7. The Morgan fingerprint density at radius 3 is 2.26 bits per heavy atom. The van der Waals surface area contributed by atoms with E-state index >= 15 is 0 Å². The van der Waals surface area contributed by atoms with E-state index in [1.165, 1.54) is 12.1 Å². The number of fused-ring (bicyclic) bond motifs is 1. The molecule has 2 unspecified atom stereocenters. The van der Waals surface area contributed by atoms with E-state index in [9.17, 15) is 9.18 Å². The number of carbonyl (C=O) groups is 1. The van der Waals surface area contributed by atoms with E-state index in [4.69, 9.17) is 9.84 Å². The van der Waals surface area contributed by atoms with Crippen molar-refractivity contribution in [2.75, 3.05) is 44.6 Å². The van der Waals surface area contributed by atoms with Gasteiger partial charge >= 0.3 is 0 Å². The third kappa shape index (κ3) is 5.67. The Hall–Kier alpha value is -4.13. The molecule has 1 fully saturated rings. The van der Waals surface area contributed by atoms with Gasteiger partial charge in [0.25, 0.3) is 5.91 Å². The lowest BCUT2D eigenvalue weighted by atomic mass is 9.77. The number of ether oxygens (including phenoxy) is 1. The highest BCUT2D eigenvalue weighted by Gasteiger charge is 2.43. The smallest absolute Gasteiger partial charge is 0.281 e. The number of allylic oxidation sites excluding steroid dienone is 1. The normalized spacial score (nSPS) is 19.5. The minimum absolute atomic E-state index is 0.0590. The number of carbonyl (C=O) groups excluding carboxylic acids is 1. The number of amides is 1. The standard InChI is InChI=1S/C32H35FN4O2/c1-35(2)25-16-12-22(13-17-25)20-24-8-7-9-27-31(24)34-37(30(38)21-39-29-11-6-5-10-28(29)33)32(27)23-14-18-26(19-15-23)36(3)4/h5-6,10-20,27,32H,7-9,21H2,1-4H3/b24-20+. The minimum atomic E-state index is -0.493. The van der Waals surface area contributed by atoms with Gasteiger partial charge in [-0.3, -0.25) is 4.79 Å². The first kappa shape index (κ1) is 26.5. The van der Waals surface area contributed by atoms with Crippen molar-refractivity contribution in [3.63, 3.8) is 0 Å². The highest BCUT2D eigenvalue weighted by molar-refractivity contribution is 6.08. The van der Waals surface area contributed by atoms with E-state index in [1.807, 2.05) is 28.2 Å². The second-order valence-electron chi connectivity index (χ2n) is 10.5. The summed E-state index contributed by atoms with van der Waals surface area (Å²) in [6.45, 7) is -0.290. The topological polar surface area (TPSA) is 48.4 Å². The van der Waals surface area contributed by atoms with E-state index in [0.29, 0.717) is 0 Å². The molecule has 2 atom stereocenters. The third-order valence-corrected chi connectivity index (χ3v) is 7.45. The molecule has 2 aliphatic rings. The fourth-order valence-electron chi connectivity index (χ4n) is 5.35. The number of hydrogen-bond donors (Lipinski definition) is 0. The quantitative estimate of drug-likeness (QED) is 0.370. The van der Waals surface area contributed by atoms with Crippen LogP contribution in [0.3, 0.4) is 0 Å². The van der Waals surface area contributed by atoms with Crippen molar-refractivity contribution < 1.29 is 13.9 Å². The van der Waals surface area contributed by atoms with Crippen LogP contribution >= 0.6 is 0 Å². The molecule has 39 heavy (non-hydrogen) atoms. The zero-order valence-corrected chi connectivity index (χ0v) is 23.0. The first-order valence-electron chi connectivity index (χ1n) is 13.4. The van der Waals surface area contributed by atoms with Gasteiger partial charge in [-0.2, -0.15) is 5.10 Å². The van der Waals surface area contributed by atoms with Crippen molar-refractivity contribution in [3.8, 4) is 5.75 Å². The fourth-order valence-corrected chi connectivity index (χ4v) is 5.35. The minimum Gasteiger partial charge on any atom is -0.481 e. The monoisotopic (exact) mass is 526 g/mol. The van der Waals surface area contributed by atoms with E-state index in [-0.39, 0.29) is 30.2 Å². The third-order valence-electron chi connectivity index (χ3n) is 7.45. The molecular weight excluding hydrogens is 491 g/mol. The van der Waals surface area contributed by atoms with Gasteiger partial charge in [0, 0.05) is 45.5 Å². The number of hydrazone groups is 1. The van der Waals surface area contributed by atoms with Crippen LogP contribution in [0.4, 0.5) is 15.8 Å². The zero-order valence-electron chi connectivity index (χ0n) is 23.0. The highest BCUT2D eigenvalue weighted by Crippen LogP contribution is 2.44. The number of para-hydroxylation sites is 1. The number of benzene rings is 3. The summed E-state index contributed by atoms with van der Waals surface area (Å²) >= 11 is 0. The molecule has 202 valence electrons. The SMILES string of the molecule is CN(C)c1ccc(/C=C2\CCCC3C2=NN(C(=O)COc2ccccc2F)C3c2ccc(N(C)C)cc2)cc1. The molecule has 0 N–H and O–H groups in total. The summed E-state index contributed by atoms with van der Waals surface area (Å²) < 4.78 is 19.7. The molecule has 7 heteroatoms. The average Bonchev–Trinajstić information content (AvgIpc) is 3.33. The molecule has 0 radical (unpaired) electrons. The number of halogens is 1. The first-order valence-corrected chi connectivity index (χ1v) is 13.4. The Bertz CT molecular complexity index is 1380. The summed E-state index contributed by atoms with van der Waals surface area (Å²) in [7, 11) is 8.06. The second kappa shape index (κ2) is 11.3. The Balaban J connectivity index is 1.47. The molecule has 6 nitrogen and oxygen atoms in total. The summed E-state index contributed by atoms with van der Waals surface area (Å²) in [6, 6.07) is 22.6. The van der Waals surface area contributed by atoms with Crippen LogP contribution in [0, 0.1) is 11.7 Å². The maximum Gasteiger partial charge on any atom is 0.281 e. The van der Waals surface area contributed by atoms with E-state index in [1.54, 1.807) is 17.1 Å². The summed E-state index contributed by atoms with van der Waals surface area (Å²) in [5.74, 6) is -0.651. The number of hydrogen-bond acceptors (Lipinski definition) is 5. The Kier molecular flexibility index (Phi) is 7.68. The van der Waals surface area contributed by atoms with Crippen LogP contribution in [0.5, 0.6) is 5.75 Å². The van der Waals surface area contributed by atoms with Crippen LogP contribution in [0.2, 0.25) is 0 Å². The number of rotatable bonds is 7. The van der Waals surface area contributed by atoms with Gasteiger partial charge in [-0.25, -0.2) is 9.40 Å². The van der Waals surface area contributed by atoms with E-state index in [2.05, 4.69) is 64.4 Å². The fraction of sp³-hybridized carbons (Fsp3) is 0.312. The van der Waals surface area contributed by atoms with Crippen molar-refractivity contribution in [3.05, 3.63) is 95.3 Å².